The van der Waals surface area contributed by atoms with E-state index in [1.807, 2.05) is 12.1 Å². The van der Waals surface area contributed by atoms with Crippen molar-refractivity contribution in [2.75, 3.05) is 19.6 Å². The average Bonchev–Trinajstić information content (AvgIpc) is 3.26. The van der Waals surface area contributed by atoms with E-state index in [0.29, 0.717) is 0 Å². The van der Waals surface area contributed by atoms with Crippen molar-refractivity contribution in [2.24, 2.45) is 5.92 Å². The molecule has 1 aliphatic carbocycles. The number of hydrogen-bond acceptors (Lipinski definition) is 3. The maximum atomic E-state index is 12.3. The summed E-state index contributed by atoms with van der Waals surface area (Å²) in [7, 11) is 0. The predicted octanol–water partition coefficient (Wildman–Crippen LogP) is 3.10. The highest BCUT2D eigenvalue weighted by atomic mass is 16.2. The minimum absolute atomic E-state index is 0.0454. The van der Waals surface area contributed by atoms with Crippen molar-refractivity contribution in [3.05, 3.63) is 30.1 Å². The van der Waals surface area contributed by atoms with Crippen LogP contribution in [0.3, 0.4) is 0 Å². The number of aromatic nitrogens is 1. The zero-order valence-electron chi connectivity index (χ0n) is 14.7. The molecular formula is C19H30N4O. The van der Waals surface area contributed by atoms with Crippen LogP contribution in [0.25, 0.3) is 0 Å². The van der Waals surface area contributed by atoms with E-state index in [4.69, 9.17) is 0 Å². The highest BCUT2D eigenvalue weighted by Crippen LogP contribution is 2.26. The highest BCUT2D eigenvalue weighted by molar-refractivity contribution is 5.74. The number of hydrogen-bond donors (Lipinski definition) is 2. The molecule has 5 heteroatoms. The van der Waals surface area contributed by atoms with Crippen LogP contribution in [0.2, 0.25) is 0 Å². The van der Waals surface area contributed by atoms with Crippen molar-refractivity contribution in [3.8, 4) is 0 Å². The standard InChI is InChI=1S/C19H30N4O/c1-2-18(16-7-10-20-11-8-16)22-19(24)21-17-9-12-23(14-17)13-15-5-3-4-6-15/h7-8,10-11,15,17-18H,2-6,9,12-14H2,1H3,(H2,21,22,24)/t17-,18+/m1/s1. The first-order valence-corrected chi connectivity index (χ1v) is 9.44. The molecule has 2 aliphatic rings. The molecule has 0 radical (unpaired) electrons. The van der Waals surface area contributed by atoms with E-state index < -0.39 is 0 Å². The Morgan fingerprint density at radius 2 is 2.04 bits per heavy atom. The topological polar surface area (TPSA) is 57.3 Å². The lowest BCUT2D eigenvalue weighted by molar-refractivity contribution is 0.230. The number of carbonyl (C=O) groups excluding carboxylic acids is 1. The lowest BCUT2D eigenvalue weighted by Crippen LogP contribution is -2.44. The van der Waals surface area contributed by atoms with Gasteiger partial charge in [-0.2, -0.15) is 0 Å². The molecule has 2 N–H and O–H groups in total. The fourth-order valence-corrected chi connectivity index (χ4v) is 4.08. The number of pyridine rings is 1. The summed E-state index contributed by atoms with van der Waals surface area (Å²) >= 11 is 0. The number of amides is 2. The molecule has 0 unspecified atom stereocenters. The van der Waals surface area contributed by atoms with E-state index in [9.17, 15) is 4.79 Å². The number of urea groups is 1. The Balaban J connectivity index is 1.43. The molecule has 2 atom stereocenters. The van der Waals surface area contributed by atoms with Crippen LogP contribution >= 0.6 is 0 Å². The summed E-state index contributed by atoms with van der Waals surface area (Å²) < 4.78 is 0. The van der Waals surface area contributed by atoms with Gasteiger partial charge in [0.05, 0.1) is 6.04 Å². The monoisotopic (exact) mass is 330 g/mol. The van der Waals surface area contributed by atoms with Gasteiger partial charge in [-0.3, -0.25) is 4.98 Å². The predicted molar refractivity (Wildman–Crippen MR) is 95.7 cm³/mol. The summed E-state index contributed by atoms with van der Waals surface area (Å²) in [5.41, 5.74) is 1.11. The lowest BCUT2D eigenvalue weighted by atomic mass is 10.1. The number of nitrogens with zero attached hydrogens (tertiary/aromatic N) is 2. The number of nitrogens with one attached hydrogen (secondary N) is 2. The molecule has 2 fully saturated rings. The Morgan fingerprint density at radius 3 is 2.75 bits per heavy atom. The molecule has 2 amide bonds. The summed E-state index contributed by atoms with van der Waals surface area (Å²) in [5, 5.41) is 6.26. The second-order valence-electron chi connectivity index (χ2n) is 7.25. The van der Waals surface area contributed by atoms with E-state index in [1.165, 1.54) is 32.2 Å². The third kappa shape index (κ3) is 4.69. The molecule has 132 valence electrons. The highest BCUT2D eigenvalue weighted by Gasteiger charge is 2.27. The summed E-state index contributed by atoms with van der Waals surface area (Å²) in [6.07, 6.45) is 11.1. The van der Waals surface area contributed by atoms with Gasteiger partial charge in [0.1, 0.15) is 0 Å². The zero-order chi connectivity index (χ0) is 16.8. The SMILES string of the molecule is CC[C@H](NC(=O)N[C@@H]1CCN(CC2CCCC2)C1)c1ccncc1. The molecular weight excluding hydrogens is 300 g/mol. The molecule has 1 aliphatic heterocycles. The molecule has 0 bridgehead atoms. The first kappa shape index (κ1) is 17.2. The van der Waals surface area contributed by atoms with Crippen LogP contribution in [0.15, 0.2) is 24.5 Å². The third-order valence-corrected chi connectivity index (χ3v) is 5.42. The number of carbonyl (C=O) groups is 1. The number of likely N-dealkylation sites (tertiary alicyclic amines) is 1. The largest absolute Gasteiger partial charge is 0.334 e. The van der Waals surface area contributed by atoms with Gasteiger partial charge in [-0.05, 0) is 49.3 Å². The van der Waals surface area contributed by atoms with Gasteiger partial charge in [0.15, 0.2) is 0 Å². The van der Waals surface area contributed by atoms with Gasteiger partial charge in [-0.25, -0.2) is 4.79 Å². The van der Waals surface area contributed by atoms with Crippen molar-refractivity contribution < 1.29 is 4.79 Å². The van der Waals surface area contributed by atoms with Crippen molar-refractivity contribution in [1.82, 2.24) is 20.5 Å². The van der Waals surface area contributed by atoms with Gasteiger partial charge in [0, 0.05) is 38.1 Å². The second-order valence-corrected chi connectivity index (χ2v) is 7.25. The Kier molecular flexibility index (Phi) is 6.07. The van der Waals surface area contributed by atoms with Crippen LogP contribution in [0.4, 0.5) is 4.79 Å². The molecule has 5 nitrogen and oxygen atoms in total. The van der Waals surface area contributed by atoms with Gasteiger partial charge in [0.25, 0.3) is 0 Å². The zero-order valence-corrected chi connectivity index (χ0v) is 14.7. The molecule has 0 spiro atoms. The van der Waals surface area contributed by atoms with Gasteiger partial charge in [-0.15, -0.1) is 0 Å². The van der Waals surface area contributed by atoms with Crippen molar-refractivity contribution >= 4 is 6.03 Å². The first-order chi connectivity index (χ1) is 11.7. The van der Waals surface area contributed by atoms with Gasteiger partial charge in [0.2, 0.25) is 0 Å². The van der Waals surface area contributed by atoms with E-state index in [1.54, 1.807) is 12.4 Å². The van der Waals surface area contributed by atoms with Crippen molar-refractivity contribution in [2.45, 2.75) is 57.5 Å². The summed E-state index contributed by atoms with van der Waals surface area (Å²) in [6.45, 7) is 5.41. The average molecular weight is 330 g/mol. The molecule has 1 saturated heterocycles. The van der Waals surface area contributed by atoms with E-state index in [2.05, 4.69) is 27.4 Å². The Hall–Kier alpha value is -1.62. The molecule has 1 aromatic rings. The normalized spacial score (nSPS) is 23.3. The summed E-state index contributed by atoms with van der Waals surface area (Å²) in [5.74, 6) is 0.883. The van der Waals surface area contributed by atoms with Gasteiger partial charge < -0.3 is 15.5 Å². The third-order valence-electron chi connectivity index (χ3n) is 5.42. The Labute approximate surface area is 145 Å². The fourth-order valence-electron chi connectivity index (χ4n) is 4.08. The quantitative estimate of drug-likeness (QED) is 0.843. The maximum Gasteiger partial charge on any atom is 0.315 e. The smallest absolute Gasteiger partial charge is 0.315 e. The maximum absolute atomic E-state index is 12.3. The molecule has 3 rings (SSSR count). The Morgan fingerprint density at radius 1 is 1.29 bits per heavy atom. The minimum Gasteiger partial charge on any atom is -0.334 e. The minimum atomic E-state index is -0.0496. The van der Waals surface area contributed by atoms with Crippen LogP contribution in [0.5, 0.6) is 0 Å². The van der Waals surface area contributed by atoms with Crippen molar-refractivity contribution in [3.63, 3.8) is 0 Å². The number of rotatable bonds is 6. The van der Waals surface area contributed by atoms with Gasteiger partial charge in [-0.1, -0.05) is 19.8 Å². The van der Waals surface area contributed by atoms with Crippen molar-refractivity contribution in [1.29, 1.82) is 0 Å². The van der Waals surface area contributed by atoms with Crippen LogP contribution in [-0.2, 0) is 0 Å². The van der Waals surface area contributed by atoms with E-state index in [0.717, 1.165) is 37.4 Å². The molecule has 2 heterocycles. The van der Waals surface area contributed by atoms with Crippen LogP contribution in [0.1, 0.15) is 57.1 Å². The van der Waals surface area contributed by atoms with Crippen LogP contribution in [0, 0.1) is 5.92 Å². The molecule has 0 aromatic carbocycles. The Bertz CT molecular complexity index is 515. The second kappa shape index (κ2) is 8.47. The van der Waals surface area contributed by atoms with E-state index in [-0.39, 0.29) is 18.1 Å². The molecule has 1 saturated carbocycles. The van der Waals surface area contributed by atoms with Crippen LogP contribution in [-0.4, -0.2) is 41.6 Å². The summed E-state index contributed by atoms with van der Waals surface area (Å²) in [4.78, 5) is 18.9. The summed E-state index contributed by atoms with van der Waals surface area (Å²) in [6, 6.07) is 4.21. The van der Waals surface area contributed by atoms with Gasteiger partial charge >= 0.3 is 6.03 Å². The molecule has 1 aromatic heterocycles. The van der Waals surface area contributed by atoms with E-state index >= 15 is 0 Å². The fraction of sp³-hybridized carbons (Fsp3) is 0.684. The van der Waals surface area contributed by atoms with Crippen LogP contribution < -0.4 is 10.6 Å². The molecule has 24 heavy (non-hydrogen) atoms. The first-order valence-electron chi connectivity index (χ1n) is 9.44. The lowest BCUT2D eigenvalue weighted by Gasteiger charge is -2.22.